The van der Waals surface area contributed by atoms with Gasteiger partial charge < -0.3 is 14.8 Å². The van der Waals surface area contributed by atoms with E-state index in [9.17, 15) is 14.4 Å². The van der Waals surface area contributed by atoms with Gasteiger partial charge in [0.15, 0.2) is 18.1 Å². The number of carbonyl (C=O) groups excluding carboxylic acids is 3. The molecule has 1 N–H and O–H groups in total. The van der Waals surface area contributed by atoms with Gasteiger partial charge in [0.05, 0.1) is 12.2 Å². The molecule has 2 aromatic heterocycles. The van der Waals surface area contributed by atoms with Crippen molar-refractivity contribution in [2.45, 2.75) is 33.1 Å². The van der Waals surface area contributed by atoms with Gasteiger partial charge in [0, 0.05) is 4.88 Å². The fourth-order valence-electron chi connectivity index (χ4n) is 3.65. The summed E-state index contributed by atoms with van der Waals surface area (Å²) in [6, 6.07) is 9.13. The average molecular weight is 482 g/mol. The first-order valence-corrected chi connectivity index (χ1v) is 11.6. The number of nitrogens with one attached hydrogen (secondary N) is 1. The van der Waals surface area contributed by atoms with E-state index in [0.29, 0.717) is 16.4 Å². The van der Waals surface area contributed by atoms with Crippen molar-refractivity contribution in [1.29, 1.82) is 0 Å². The highest BCUT2D eigenvalue weighted by Crippen LogP contribution is 2.39. The van der Waals surface area contributed by atoms with Gasteiger partial charge in [-0.25, -0.2) is 9.59 Å². The van der Waals surface area contributed by atoms with Crippen LogP contribution >= 0.6 is 11.3 Å². The highest BCUT2D eigenvalue weighted by atomic mass is 32.1. The Morgan fingerprint density at radius 2 is 1.97 bits per heavy atom. The van der Waals surface area contributed by atoms with Crippen LogP contribution in [0.1, 0.15) is 45.5 Å². The molecule has 0 atom stereocenters. The van der Waals surface area contributed by atoms with Crippen LogP contribution in [-0.4, -0.2) is 51.3 Å². The second kappa shape index (κ2) is 10.4. The number of esters is 2. The van der Waals surface area contributed by atoms with Gasteiger partial charge in [-0.15, -0.1) is 16.4 Å². The number of amides is 1. The molecule has 11 heteroatoms. The fourth-order valence-corrected chi connectivity index (χ4v) is 4.94. The van der Waals surface area contributed by atoms with Crippen molar-refractivity contribution in [3.05, 3.63) is 57.7 Å². The van der Waals surface area contributed by atoms with Crippen molar-refractivity contribution >= 4 is 46.0 Å². The van der Waals surface area contributed by atoms with E-state index in [1.165, 1.54) is 16.0 Å². The summed E-state index contributed by atoms with van der Waals surface area (Å²) >= 11 is 1.36. The maximum absolute atomic E-state index is 12.9. The summed E-state index contributed by atoms with van der Waals surface area (Å²) in [6.07, 6.45) is 4.17. The summed E-state index contributed by atoms with van der Waals surface area (Å²) in [5, 5.41) is 14.3. The van der Waals surface area contributed by atoms with Crippen molar-refractivity contribution in [2.75, 3.05) is 18.5 Å². The standard InChI is InChI=1S/C23H23N5O5S/c1-3-32-23(31)20-16-10-7-11-18(16)34-21(20)24-19(29)13-33-22(30)17(28-14(2)25-26-27-28)12-15-8-5-4-6-9-15/h4-6,8-9,12H,3,7,10-11,13H2,1-2H3,(H,24,29). The monoisotopic (exact) mass is 481 g/mol. The molecule has 10 nitrogen and oxygen atoms in total. The number of fused-ring (bicyclic) bond motifs is 1. The van der Waals surface area contributed by atoms with Crippen LogP contribution in [0.5, 0.6) is 0 Å². The Morgan fingerprint density at radius 3 is 2.68 bits per heavy atom. The summed E-state index contributed by atoms with van der Waals surface area (Å²) in [5.74, 6) is -1.41. The molecule has 1 aliphatic carbocycles. The lowest BCUT2D eigenvalue weighted by Crippen LogP contribution is -2.23. The summed E-state index contributed by atoms with van der Waals surface area (Å²) < 4.78 is 11.7. The van der Waals surface area contributed by atoms with Crippen LogP contribution in [0.15, 0.2) is 30.3 Å². The molecule has 0 radical (unpaired) electrons. The molecule has 0 unspecified atom stereocenters. The van der Waals surface area contributed by atoms with E-state index in [-0.39, 0.29) is 12.3 Å². The number of hydrogen-bond acceptors (Lipinski definition) is 9. The first kappa shape index (κ1) is 23.3. The highest BCUT2D eigenvalue weighted by Gasteiger charge is 2.28. The molecule has 0 fully saturated rings. The lowest BCUT2D eigenvalue weighted by Gasteiger charge is -2.10. The minimum absolute atomic E-state index is 0.0591. The first-order chi connectivity index (χ1) is 16.5. The number of hydrogen-bond donors (Lipinski definition) is 1. The molecule has 0 saturated heterocycles. The van der Waals surface area contributed by atoms with Crippen LogP contribution in [0.3, 0.4) is 0 Å². The first-order valence-electron chi connectivity index (χ1n) is 10.8. The zero-order valence-corrected chi connectivity index (χ0v) is 19.6. The van der Waals surface area contributed by atoms with E-state index in [0.717, 1.165) is 35.3 Å². The molecule has 0 spiro atoms. The van der Waals surface area contributed by atoms with E-state index in [4.69, 9.17) is 9.47 Å². The zero-order valence-electron chi connectivity index (χ0n) is 18.7. The average Bonchev–Trinajstić information content (AvgIpc) is 3.53. The van der Waals surface area contributed by atoms with E-state index >= 15 is 0 Å². The van der Waals surface area contributed by atoms with Gasteiger partial charge in [-0.2, -0.15) is 4.68 Å². The third-order valence-corrected chi connectivity index (χ3v) is 6.36. The van der Waals surface area contributed by atoms with Crippen molar-refractivity contribution in [3.8, 4) is 0 Å². The fraction of sp³-hybridized carbons (Fsp3) is 0.304. The van der Waals surface area contributed by atoms with E-state index < -0.39 is 24.5 Å². The number of tetrazole rings is 1. The Kier molecular flexibility index (Phi) is 7.12. The predicted octanol–water partition coefficient (Wildman–Crippen LogP) is 2.89. The number of rotatable bonds is 8. The van der Waals surface area contributed by atoms with Gasteiger partial charge in [-0.3, -0.25) is 4.79 Å². The van der Waals surface area contributed by atoms with Crippen molar-refractivity contribution in [1.82, 2.24) is 20.2 Å². The number of aromatic nitrogens is 4. The molecular formula is C23H23N5O5S. The Balaban J connectivity index is 1.48. The third kappa shape index (κ3) is 5.04. The molecular weight excluding hydrogens is 458 g/mol. The van der Waals surface area contributed by atoms with Crippen LogP contribution in [0.4, 0.5) is 5.00 Å². The number of anilines is 1. The summed E-state index contributed by atoms with van der Waals surface area (Å²) in [5.41, 5.74) is 2.12. The molecule has 3 aromatic rings. The normalized spacial score (nSPS) is 12.8. The molecule has 1 aromatic carbocycles. The predicted molar refractivity (Wildman–Crippen MR) is 125 cm³/mol. The molecule has 176 valence electrons. The minimum atomic E-state index is -0.770. The smallest absolute Gasteiger partial charge is 0.357 e. The highest BCUT2D eigenvalue weighted by molar-refractivity contribution is 7.17. The second-order valence-electron chi connectivity index (χ2n) is 7.48. The topological polar surface area (TPSA) is 125 Å². The number of carbonyl (C=O) groups is 3. The van der Waals surface area contributed by atoms with Gasteiger partial charge >= 0.3 is 11.9 Å². The van der Waals surface area contributed by atoms with Crippen LogP contribution in [0, 0.1) is 6.92 Å². The second-order valence-corrected chi connectivity index (χ2v) is 8.59. The lowest BCUT2D eigenvalue weighted by molar-refractivity contribution is -0.141. The summed E-state index contributed by atoms with van der Waals surface area (Å²) in [7, 11) is 0. The number of benzene rings is 1. The molecule has 1 aliphatic rings. The van der Waals surface area contributed by atoms with Gasteiger partial charge in [0.25, 0.3) is 5.91 Å². The van der Waals surface area contributed by atoms with Gasteiger partial charge in [0.1, 0.15) is 5.00 Å². The van der Waals surface area contributed by atoms with E-state index in [1.54, 1.807) is 19.9 Å². The summed E-state index contributed by atoms with van der Waals surface area (Å²) in [6.45, 7) is 3.07. The molecule has 1 amide bonds. The molecule has 2 heterocycles. The lowest BCUT2D eigenvalue weighted by atomic mass is 10.1. The minimum Gasteiger partial charge on any atom is -0.462 e. The van der Waals surface area contributed by atoms with E-state index in [2.05, 4.69) is 20.8 Å². The third-order valence-electron chi connectivity index (χ3n) is 5.15. The van der Waals surface area contributed by atoms with Gasteiger partial charge in [-0.1, -0.05) is 30.3 Å². The number of nitrogens with zero attached hydrogens (tertiary/aromatic N) is 4. The molecule has 0 aliphatic heterocycles. The molecule has 0 saturated carbocycles. The SMILES string of the molecule is CCOC(=O)c1c(NC(=O)COC(=O)C(=Cc2ccccc2)n2nnnc2C)sc2c1CCC2. The van der Waals surface area contributed by atoms with Crippen LogP contribution in [0.25, 0.3) is 11.8 Å². The number of aryl methyl sites for hydroxylation is 2. The quantitative estimate of drug-likeness (QED) is 0.385. The van der Waals surface area contributed by atoms with Gasteiger partial charge in [-0.05, 0) is 60.7 Å². The maximum Gasteiger partial charge on any atom is 0.357 e. The van der Waals surface area contributed by atoms with Crippen LogP contribution in [-0.2, 0) is 31.9 Å². The largest absolute Gasteiger partial charge is 0.462 e. The van der Waals surface area contributed by atoms with Crippen molar-refractivity contribution < 1.29 is 23.9 Å². The number of thiophene rings is 1. The molecule has 4 rings (SSSR count). The Morgan fingerprint density at radius 1 is 1.18 bits per heavy atom. The molecule has 0 bridgehead atoms. The Bertz CT molecular complexity index is 1250. The van der Waals surface area contributed by atoms with Crippen LogP contribution < -0.4 is 5.32 Å². The number of ether oxygens (including phenoxy) is 2. The summed E-state index contributed by atoms with van der Waals surface area (Å²) in [4.78, 5) is 39.0. The maximum atomic E-state index is 12.9. The molecule has 34 heavy (non-hydrogen) atoms. The van der Waals surface area contributed by atoms with E-state index in [1.807, 2.05) is 30.3 Å². The van der Waals surface area contributed by atoms with Gasteiger partial charge in [0.2, 0.25) is 0 Å². The Hall–Kier alpha value is -3.86. The van der Waals surface area contributed by atoms with Crippen molar-refractivity contribution in [3.63, 3.8) is 0 Å². The Labute approximate surface area is 199 Å². The van der Waals surface area contributed by atoms with Crippen molar-refractivity contribution in [2.24, 2.45) is 0 Å². The zero-order chi connectivity index (χ0) is 24.1. The van der Waals surface area contributed by atoms with Crippen LogP contribution in [0.2, 0.25) is 0 Å².